The summed E-state index contributed by atoms with van der Waals surface area (Å²) < 4.78 is 34.1. The molecule has 4 heteroatoms. The highest BCUT2D eigenvalue weighted by molar-refractivity contribution is 6.08. The number of halogens is 2. The molecule has 1 heterocycles. The molecule has 0 aliphatic heterocycles. The van der Waals surface area contributed by atoms with Gasteiger partial charge in [-0.2, -0.15) is 0 Å². The number of hydrogen-bond donors (Lipinski definition) is 1. The van der Waals surface area contributed by atoms with Crippen LogP contribution in [0.3, 0.4) is 0 Å². The van der Waals surface area contributed by atoms with Crippen LogP contribution in [0.5, 0.6) is 5.75 Å². The van der Waals surface area contributed by atoms with Gasteiger partial charge >= 0.3 is 0 Å². The van der Waals surface area contributed by atoms with Crippen molar-refractivity contribution in [2.75, 3.05) is 0 Å². The summed E-state index contributed by atoms with van der Waals surface area (Å²) in [7, 11) is 0. The molecular weight excluding hydrogens is 334 g/mol. The summed E-state index contributed by atoms with van der Waals surface area (Å²) in [4.78, 5) is 0. The van der Waals surface area contributed by atoms with Gasteiger partial charge in [0.05, 0.1) is 5.56 Å². The van der Waals surface area contributed by atoms with Crippen LogP contribution in [-0.4, -0.2) is 5.11 Å². The van der Waals surface area contributed by atoms with Crippen LogP contribution in [0.2, 0.25) is 0 Å². The molecule has 0 amide bonds. The first kappa shape index (κ1) is 16.2. The Kier molecular flexibility index (Phi) is 3.66. The number of phenols is 1. The number of hydrogen-bond acceptors (Lipinski definition) is 2. The highest BCUT2D eigenvalue weighted by Gasteiger charge is 2.29. The van der Waals surface area contributed by atoms with Crippen LogP contribution in [-0.2, 0) is 5.92 Å². The van der Waals surface area contributed by atoms with Crippen LogP contribution >= 0.6 is 0 Å². The van der Waals surface area contributed by atoms with Gasteiger partial charge in [-0.15, -0.1) is 0 Å². The predicted molar refractivity (Wildman–Crippen MR) is 97.4 cm³/mol. The summed E-state index contributed by atoms with van der Waals surface area (Å²) in [5.74, 6) is 3.03. The number of aromatic hydroxyl groups is 1. The second-order valence-corrected chi connectivity index (χ2v) is 6.15. The molecule has 0 bridgehead atoms. The van der Waals surface area contributed by atoms with Crippen LogP contribution in [0.1, 0.15) is 23.6 Å². The molecule has 0 saturated carbocycles. The van der Waals surface area contributed by atoms with E-state index in [0.717, 1.165) is 6.92 Å². The van der Waals surface area contributed by atoms with E-state index in [1.54, 1.807) is 48.5 Å². The van der Waals surface area contributed by atoms with Gasteiger partial charge in [0.1, 0.15) is 11.3 Å². The average molecular weight is 348 g/mol. The van der Waals surface area contributed by atoms with E-state index in [0.29, 0.717) is 33.1 Å². The molecule has 1 aromatic heterocycles. The summed E-state index contributed by atoms with van der Waals surface area (Å²) >= 11 is 0. The summed E-state index contributed by atoms with van der Waals surface area (Å²) in [6.45, 7) is 0.877. The third-order valence-corrected chi connectivity index (χ3v) is 4.19. The fraction of sp³-hybridized carbons (Fsp3) is 0.0909. The standard InChI is InChI=1S/C22H14F2O2/c1-22(23,24)18-12-11-15(10-9-14-5-4-6-16(25)13-14)21-20(18)17-7-2-3-8-19(17)26-21/h2-8,11-13,25H,1H3. The van der Waals surface area contributed by atoms with Crippen molar-refractivity contribution >= 4 is 21.9 Å². The number of rotatable bonds is 1. The number of alkyl halides is 2. The molecule has 0 aliphatic carbocycles. The monoisotopic (exact) mass is 348 g/mol. The maximum atomic E-state index is 14.1. The largest absolute Gasteiger partial charge is 0.508 e. The van der Waals surface area contributed by atoms with Crippen molar-refractivity contribution in [1.29, 1.82) is 0 Å². The number of fused-ring (bicyclic) bond motifs is 3. The van der Waals surface area contributed by atoms with Crippen LogP contribution in [0, 0.1) is 11.8 Å². The fourth-order valence-corrected chi connectivity index (χ4v) is 3.02. The third-order valence-electron chi connectivity index (χ3n) is 4.19. The normalized spacial score (nSPS) is 11.5. The molecule has 0 atom stereocenters. The Morgan fingerprint density at radius 1 is 0.962 bits per heavy atom. The molecule has 0 unspecified atom stereocenters. The fourth-order valence-electron chi connectivity index (χ4n) is 3.02. The Hall–Kier alpha value is -3.32. The van der Waals surface area contributed by atoms with Crippen molar-refractivity contribution in [1.82, 2.24) is 0 Å². The summed E-state index contributed by atoms with van der Waals surface area (Å²) in [5.41, 5.74) is 1.95. The third kappa shape index (κ3) is 2.78. The van der Waals surface area contributed by atoms with Gasteiger partial charge in [-0.3, -0.25) is 0 Å². The first-order valence-corrected chi connectivity index (χ1v) is 8.07. The molecule has 4 aromatic rings. The maximum Gasteiger partial charge on any atom is 0.271 e. The van der Waals surface area contributed by atoms with Gasteiger partial charge in [0.25, 0.3) is 5.92 Å². The average Bonchev–Trinajstić information content (AvgIpc) is 2.98. The Morgan fingerprint density at radius 3 is 2.54 bits per heavy atom. The van der Waals surface area contributed by atoms with Crippen molar-refractivity contribution in [2.24, 2.45) is 0 Å². The van der Waals surface area contributed by atoms with Crippen LogP contribution < -0.4 is 0 Å². The number of para-hydroxylation sites is 1. The van der Waals surface area contributed by atoms with Crippen LogP contribution in [0.4, 0.5) is 8.78 Å². The molecule has 4 rings (SSSR count). The first-order valence-electron chi connectivity index (χ1n) is 8.07. The van der Waals surface area contributed by atoms with Gasteiger partial charge in [0.2, 0.25) is 0 Å². The zero-order valence-electron chi connectivity index (χ0n) is 13.9. The molecule has 0 saturated heterocycles. The topological polar surface area (TPSA) is 33.4 Å². The van der Waals surface area contributed by atoms with E-state index >= 15 is 0 Å². The highest BCUT2D eigenvalue weighted by Crippen LogP contribution is 2.39. The summed E-state index contributed by atoms with van der Waals surface area (Å²) in [6, 6.07) is 16.6. The van der Waals surface area contributed by atoms with E-state index in [1.807, 2.05) is 0 Å². The molecule has 0 fully saturated rings. The molecule has 128 valence electrons. The van der Waals surface area contributed by atoms with Gasteiger partial charge in [-0.25, -0.2) is 8.78 Å². The zero-order valence-corrected chi connectivity index (χ0v) is 13.9. The predicted octanol–water partition coefficient (Wildman–Crippen LogP) is 5.80. The summed E-state index contributed by atoms with van der Waals surface area (Å²) in [6.07, 6.45) is 0. The molecule has 0 radical (unpaired) electrons. The van der Waals surface area contributed by atoms with Crippen molar-refractivity contribution in [2.45, 2.75) is 12.8 Å². The lowest BCUT2D eigenvalue weighted by Crippen LogP contribution is -2.07. The van der Waals surface area contributed by atoms with E-state index < -0.39 is 5.92 Å². The van der Waals surface area contributed by atoms with Crippen molar-refractivity contribution in [3.8, 4) is 17.6 Å². The van der Waals surface area contributed by atoms with Gasteiger partial charge in [-0.05, 0) is 30.3 Å². The van der Waals surface area contributed by atoms with Gasteiger partial charge in [-0.1, -0.05) is 42.2 Å². The summed E-state index contributed by atoms with van der Waals surface area (Å²) in [5, 5.41) is 10.6. The lowest BCUT2D eigenvalue weighted by molar-refractivity contribution is 0.0191. The lowest BCUT2D eigenvalue weighted by Gasteiger charge is -2.12. The van der Waals surface area contributed by atoms with Crippen molar-refractivity contribution < 1.29 is 18.3 Å². The minimum absolute atomic E-state index is 0.0830. The van der Waals surface area contributed by atoms with E-state index in [2.05, 4.69) is 11.8 Å². The van der Waals surface area contributed by atoms with E-state index in [1.165, 1.54) is 12.1 Å². The van der Waals surface area contributed by atoms with Crippen molar-refractivity contribution in [3.05, 3.63) is 77.4 Å². The lowest BCUT2D eigenvalue weighted by atomic mass is 9.99. The minimum atomic E-state index is -3.00. The Morgan fingerprint density at radius 2 is 1.77 bits per heavy atom. The Labute approximate surface area is 148 Å². The van der Waals surface area contributed by atoms with E-state index in [9.17, 15) is 13.9 Å². The van der Waals surface area contributed by atoms with Crippen molar-refractivity contribution in [3.63, 3.8) is 0 Å². The smallest absolute Gasteiger partial charge is 0.271 e. The van der Waals surface area contributed by atoms with E-state index in [4.69, 9.17) is 4.42 Å². The molecule has 1 N–H and O–H groups in total. The van der Waals surface area contributed by atoms with Gasteiger partial charge < -0.3 is 9.52 Å². The second kappa shape index (κ2) is 5.89. The van der Waals surface area contributed by atoms with E-state index in [-0.39, 0.29) is 11.3 Å². The Bertz CT molecular complexity index is 1190. The quantitative estimate of drug-likeness (QED) is 0.441. The SMILES string of the molecule is CC(F)(F)c1ccc(C#Cc2cccc(O)c2)c2oc3ccccc3c12. The molecular formula is C22H14F2O2. The Balaban J connectivity index is 1.98. The van der Waals surface area contributed by atoms with Crippen LogP contribution in [0.15, 0.2) is 65.1 Å². The number of phenolic OH excluding ortho intramolecular Hbond substituents is 1. The number of benzene rings is 3. The molecule has 0 aliphatic rings. The zero-order chi connectivity index (χ0) is 18.3. The molecule has 0 spiro atoms. The highest BCUT2D eigenvalue weighted by atomic mass is 19.3. The van der Waals surface area contributed by atoms with Crippen LogP contribution in [0.25, 0.3) is 21.9 Å². The number of furan rings is 1. The molecule has 26 heavy (non-hydrogen) atoms. The molecule has 2 nitrogen and oxygen atoms in total. The second-order valence-electron chi connectivity index (χ2n) is 6.15. The van der Waals surface area contributed by atoms with Gasteiger partial charge in [0.15, 0.2) is 5.58 Å². The first-order chi connectivity index (χ1) is 12.4. The molecule has 3 aromatic carbocycles. The van der Waals surface area contributed by atoms with Gasteiger partial charge in [0, 0.05) is 28.8 Å². The maximum absolute atomic E-state index is 14.1. The minimum Gasteiger partial charge on any atom is -0.508 e.